The maximum absolute atomic E-state index is 13.4. The summed E-state index contributed by atoms with van der Waals surface area (Å²) < 4.78 is 92.1. The molecule has 1 nitrogen and oxygen atoms in total. The van der Waals surface area contributed by atoms with Crippen molar-refractivity contribution in [1.29, 1.82) is 0 Å². The van der Waals surface area contributed by atoms with E-state index in [0.717, 1.165) is 0 Å². The minimum absolute atomic E-state index is 0.0311. The Morgan fingerprint density at radius 1 is 0.783 bits per heavy atom. The molecular formula is C15H18F7N. The van der Waals surface area contributed by atoms with Crippen LogP contribution in [0.25, 0.3) is 4.85 Å². The lowest BCUT2D eigenvalue weighted by molar-refractivity contribution is -0.217. The van der Waals surface area contributed by atoms with E-state index in [9.17, 15) is 30.7 Å². The van der Waals surface area contributed by atoms with Crippen molar-refractivity contribution in [3.63, 3.8) is 0 Å². The van der Waals surface area contributed by atoms with Gasteiger partial charge in [-0.25, -0.2) is 11.0 Å². The Morgan fingerprint density at radius 3 is 1.91 bits per heavy atom. The van der Waals surface area contributed by atoms with Crippen LogP contribution in [0.2, 0.25) is 0 Å². The van der Waals surface area contributed by atoms with Gasteiger partial charge in [0.05, 0.1) is 5.92 Å². The summed E-state index contributed by atoms with van der Waals surface area (Å²) in [6.45, 7) is 6.88. The summed E-state index contributed by atoms with van der Waals surface area (Å²) in [6, 6.07) is -1.21. The highest BCUT2D eigenvalue weighted by atomic mass is 19.4. The van der Waals surface area contributed by atoms with Crippen LogP contribution in [0.1, 0.15) is 38.5 Å². The molecule has 0 aliphatic heterocycles. The van der Waals surface area contributed by atoms with Gasteiger partial charge < -0.3 is 4.85 Å². The van der Waals surface area contributed by atoms with E-state index in [1.54, 1.807) is 0 Å². The van der Waals surface area contributed by atoms with Crippen LogP contribution in [-0.2, 0) is 0 Å². The molecule has 0 radical (unpaired) electrons. The zero-order valence-corrected chi connectivity index (χ0v) is 12.3. The van der Waals surface area contributed by atoms with Crippen molar-refractivity contribution < 1.29 is 30.7 Å². The fourth-order valence-corrected chi connectivity index (χ4v) is 4.17. The maximum atomic E-state index is 13.4. The van der Waals surface area contributed by atoms with E-state index in [1.807, 2.05) is 0 Å². The van der Waals surface area contributed by atoms with Gasteiger partial charge in [-0.05, 0) is 43.9 Å². The van der Waals surface area contributed by atoms with Crippen molar-refractivity contribution in [1.82, 2.24) is 0 Å². The van der Waals surface area contributed by atoms with Gasteiger partial charge in [-0.2, -0.15) is 26.3 Å². The molecule has 2 rings (SSSR count). The van der Waals surface area contributed by atoms with E-state index in [1.165, 1.54) is 0 Å². The van der Waals surface area contributed by atoms with Crippen molar-refractivity contribution in [2.75, 3.05) is 0 Å². The number of hydrogen-bond donors (Lipinski definition) is 0. The van der Waals surface area contributed by atoms with Crippen molar-refractivity contribution >= 4 is 0 Å². The molecular weight excluding hydrogens is 327 g/mol. The number of rotatable bonds is 1. The minimum atomic E-state index is -4.60. The van der Waals surface area contributed by atoms with Crippen LogP contribution in [0.4, 0.5) is 30.7 Å². The normalized spacial score (nSPS) is 39.7. The molecule has 0 aromatic heterocycles. The molecule has 0 aromatic carbocycles. The highest BCUT2D eigenvalue weighted by Crippen LogP contribution is 2.51. The van der Waals surface area contributed by atoms with Gasteiger partial charge in [0.15, 0.2) is 0 Å². The summed E-state index contributed by atoms with van der Waals surface area (Å²) in [4.78, 5) is 3.00. The Kier molecular flexibility index (Phi) is 5.17. The topological polar surface area (TPSA) is 4.36 Å². The summed E-state index contributed by atoms with van der Waals surface area (Å²) in [6.07, 6.45) is -11.8. The second kappa shape index (κ2) is 6.48. The third-order valence-electron chi connectivity index (χ3n) is 5.31. The standard InChI is InChI=1S/C15H18F7N/c1-23-13-5-2-8(6-12(13)15(20,21)22)10-4-3-9(16)7-11(10)14(17,18)19/h8-13H,2-7H2. The molecule has 0 aromatic rings. The molecule has 0 bridgehead atoms. The zero-order valence-electron chi connectivity index (χ0n) is 12.3. The average molecular weight is 345 g/mol. The molecule has 2 aliphatic carbocycles. The van der Waals surface area contributed by atoms with Crippen molar-refractivity contribution in [2.45, 2.75) is 63.1 Å². The first kappa shape index (κ1) is 18.3. The van der Waals surface area contributed by atoms with Crippen LogP contribution in [0.15, 0.2) is 0 Å². The van der Waals surface area contributed by atoms with Crippen molar-refractivity contribution in [2.24, 2.45) is 23.7 Å². The first-order valence-electron chi connectivity index (χ1n) is 7.68. The highest BCUT2D eigenvalue weighted by Gasteiger charge is 2.56. The summed E-state index contributed by atoms with van der Waals surface area (Å²) in [5.41, 5.74) is 0. The van der Waals surface area contributed by atoms with Crippen LogP contribution in [0.3, 0.4) is 0 Å². The van der Waals surface area contributed by atoms with E-state index in [0.29, 0.717) is 0 Å². The van der Waals surface area contributed by atoms with Crippen LogP contribution in [0.5, 0.6) is 0 Å². The van der Waals surface area contributed by atoms with Gasteiger partial charge in [0, 0.05) is 6.42 Å². The Bertz CT molecular complexity index is 450. The summed E-state index contributed by atoms with van der Waals surface area (Å²) in [5, 5.41) is 0. The molecule has 0 spiro atoms. The predicted octanol–water partition coefficient (Wildman–Crippen LogP) is 5.57. The second-order valence-electron chi connectivity index (χ2n) is 6.64. The van der Waals surface area contributed by atoms with Gasteiger partial charge in [0.2, 0.25) is 6.04 Å². The smallest absolute Gasteiger partial charge is 0.313 e. The van der Waals surface area contributed by atoms with E-state index in [-0.39, 0.29) is 25.7 Å². The quantitative estimate of drug-likeness (QED) is 0.432. The van der Waals surface area contributed by atoms with Gasteiger partial charge in [0.1, 0.15) is 12.1 Å². The largest absolute Gasteiger partial charge is 0.399 e. The lowest BCUT2D eigenvalue weighted by atomic mass is 9.64. The number of halogens is 7. The first-order chi connectivity index (χ1) is 10.5. The van der Waals surface area contributed by atoms with Gasteiger partial charge in [-0.1, -0.05) is 0 Å². The van der Waals surface area contributed by atoms with Gasteiger partial charge in [-0.3, -0.25) is 0 Å². The van der Waals surface area contributed by atoms with Crippen LogP contribution >= 0.6 is 0 Å². The fraction of sp³-hybridized carbons (Fsp3) is 0.933. The Morgan fingerprint density at radius 2 is 1.39 bits per heavy atom. The van der Waals surface area contributed by atoms with Crippen LogP contribution < -0.4 is 0 Å². The average Bonchev–Trinajstić information content (AvgIpc) is 2.44. The van der Waals surface area contributed by atoms with Gasteiger partial charge in [0.25, 0.3) is 0 Å². The molecule has 2 aliphatic rings. The predicted molar refractivity (Wildman–Crippen MR) is 69.1 cm³/mol. The third-order valence-corrected chi connectivity index (χ3v) is 5.31. The van der Waals surface area contributed by atoms with Gasteiger partial charge in [-0.15, -0.1) is 0 Å². The first-order valence-corrected chi connectivity index (χ1v) is 7.68. The van der Waals surface area contributed by atoms with Gasteiger partial charge >= 0.3 is 12.4 Å². The summed E-state index contributed by atoms with van der Waals surface area (Å²) in [7, 11) is 0. The number of alkyl halides is 7. The van der Waals surface area contributed by atoms with Crippen LogP contribution in [-0.4, -0.2) is 24.6 Å². The van der Waals surface area contributed by atoms with Crippen molar-refractivity contribution in [3.8, 4) is 0 Å². The lowest BCUT2D eigenvalue weighted by Gasteiger charge is -2.42. The molecule has 0 N–H and O–H groups in total. The summed E-state index contributed by atoms with van der Waals surface area (Å²) in [5.74, 6) is -5.48. The Hall–Kier alpha value is -1.00. The molecule has 132 valence electrons. The minimum Gasteiger partial charge on any atom is -0.313 e. The van der Waals surface area contributed by atoms with E-state index in [4.69, 9.17) is 6.57 Å². The molecule has 2 fully saturated rings. The molecule has 6 unspecified atom stereocenters. The molecule has 8 heteroatoms. The lowest BCUT2D eigenvalue weighted by Crippen LogP contribution is -2.45. The number of hydrogen-bond acceptors (Lipinski definition) is 0. The van der Waals surface area contributed by atoms with E-state index in [2.05, 4.69) is 4.85 Å². The molecule has 6 atom stereocenters. The third kappa shape index (κ3) is 4.10. The van der Waals surface area contributed by atoms with Crippen molar-refractivity contribution in [3.05, 3.63) is 11.4 Å². The molecule has 2 saturated carbocycles. The molecule has 0 saturated heterocycles. The molecule has 23 heavy (non-hydrogen) atoms. The zero-order chi connectivity index (χ0) is 17.4. The summed E-state index contributed by atoms with van der Waals surface area (Å²) >= 11 is 0. The fourth-order valence-electron chi connectivity index (χ4n) is 4.17. The Labute approximate surface area is 130 Å². The SMILES string of the molecule is [C-]#[N+]C1CCC(C2CCC(F)CC2C(F)(F)F)CC1C(F)(F)F. The highest BCUT2D eigenvalue weighted by molar-refractivity contribution is 4.98. The van der Waals surface area contributed by atoms with E-state index < -0.39 is 61.1 Å². The molecule has 0 amide bonds. The molecule has 0 heterocycles. The van der Waals surface area contributed by atoms with Crippen LogP contribution in [0, 0.1) is 30.2 Å². The Balaban J connectivity index is 2.18. The maximum Gasteiger partial charge on any atom is 0.399 e. The second-order valence-corrected chi connectivity index (χ2v) is 6.64. The monoisotopic (exact) mass is 345 g/mol. The number of nitrogens with zero attached hydrogens (tertiary/aromatic N) is 1. The van der Waals surface area contributed by atoms with E-state index >= 15 is 0 Å².